The molecular weight excluding hydrogens is 374 g/mol. The van der Waals surface area contributed by atoms with Gasteiger partial charge in [-0.2, -0.15) is 4.98 Å². The van der Waals surface area contributed by atoms with E-state index < -0.39 is 0 Å². The average Bonchev–Trinajstić information content (AvgIpc) is 3.26. The highest BCUT2D eigenvalue weighted by molar-refractivity contribution is 9.10. The van der Waals surface area contributed by atoms with Crippen molar-refractivity contribution in [2.24, 2.45) is 0 Å². The molecule has 0 aliphatic heterocycles. The number of hydrogen-bond acceptors (Lipinski definition) is 7. The van der Waals surface area contributed by atoms with Gasteiger partial charge in [0.05, 0.1) is 0 Å². The summed E-state index contributed by atoms with van der Waals surface area (Å²) in [4.78, 5) is 8.29. The molecule has 118 valence electrons. The zero-order chi connectivity index (χ0) is 16.4. The van der Waals surface area contributed by atoms with Gasteiger partial charge in [-0.05, 0) is 30.3 Å². The first-order valence-corrected chi connectivity index (χ1v) is 7.88. The van der Waals surface area contributed by atoms with Crippen LogP contribution < -0.4 is 0 Å². The summed E-state index contributed by atoms with van der Waals surface area (Å²) >= 11 is 3.42. The lowest BCUT2D eigenvalue weighted by atomic mass is 10.2. The van der Waals surface area contributed by atoms with Crippen molar-refractivity contribution >= 4 is 15.9 Å². The molecule has 0 aliphatic carbocycles. The van der Waals surface area contributed by atoms with Gasteiger partial charge in [0.2, 0.25) is 23.5 Å². The van der Waals surface area contributed by atoms with E-state index in [0.717, 1.165) is 15.6 Å². The normalized spacial score (nSPS) is 10.9. The molecule has 0 atom stereocenters. The van der Waals surface area contributed by atoms with Crippen molar-refractivity contribution in [2.45, 2.75) is 6.42 Å². The molecule has 0 radical (unpaired) electrons. The van der Waals surface area contributed by atoms with Crippen LogP contribution in [0.15, 0.2) is 62.2 Å². The Bertz CT molecular complexity index is 967. The van der Waals surface area contributed by atoms with Crippen molar-refractivity contribution in [3.63, 3.8) is 0 Å². The number of nitrogens with zero attached hydrogens (tertiary/aromatic N) is 5. The lowest BCUT2D eigenvalue weighted by Gasteiger charge is -1.94. The molecule has 7 nitrogen and oxygen atoms in total. The molecule has 1 aromatic carbocycles. The van der Waals surface area contributed by atoms with E-state index in [-0.39, 0.29) is 6.42 Å². The Labute approximate surface area is 144 Å². The van der Waals surface area contributed by atoms with Crippen LogP contribution in [0.1, 0.15) is 11.8 Å². The molecule has 0 aliphatic rings. The fourth-order valence-electron chi connectivity index (χ4n) is 2.14. The lowest BCUT2D eigenvalue weighted by Crippen LogP contribution is -1.89. The van der Waals surface area contributed by atoms with E-state index in [1.165, 1.54) is 0 Å². The summed E-state index contributed by atoms with van der Waals surface area (Å²) in [5.41, 5.74) is 1.67. The smallest absolute Gasteiger partial charge is 0.247 e. The molecule has 0 amide bonds. The van der Waals surface area contributed by atoms with E-state index in [0.29, 0.717) is 23.5 Å². The molecule has 3 heterocycles. The summed E-state index contributed by atoms with van der Waals surface area (Å²) in [6, 6.07) is 11.3. The number of rotatable bonds is 4. The fourth-order valence-corrected chi connectivity index (χ4v) is 2.54. The molecule has 0 spiro atoms. The van der Waals surface area contributed by atoms with Gasteiger partial charge in [0.15, 0.2) is 0 Å². The second-order valence-electron chi connectivity index (χ2n) is 4.94. The molecule has 4 aromatic rings. The Kier molecular flexibility index (Phi) is 3.87. The lowest BCUT2D eigenvalue weighted by molar-refractivity contribution is 0.374. The Morgan fingerprint density at radius 3 is 2.67 bits per heavy atom. The summed E-state index contributed by atoms with van der Waals surface area (Å²) in [5, 5.41) is 12.0. The van der Waals surface area contributed by atoms with Crippen molar-refractivity contribution in [3.8, 4) is 22.8 Å². The molecule has 0 unspecified atom stereocenters. The standard InChI is InChI=1S/C16H10BrN5O2/c17-12-3-1-2-11(8-12)16-21-20-14(23-16)9-13-19-15(22-24-13)10-4-6-18-7-5-10/h1-8H,9H2. The van der Waals surface area contributed by atoms with Gasteiger partial charge in [0.1, 0.15) is 6.42 Å². The second-order valence-corrected chi connectivity index (χ2v) is 5.85. The van der Waals surface area contributed by atoms with Crippen LogP contribution in [0.2, 0.25) is 0 Å². The first kappa shape index (κ1) is 14.7. The highest BCUT2D eigenvalue weighted by Gasteiger charge is 2.14. The predicted molar refractivity (Wildman–Crippen MR) is 87.8 cm³/mol. The number of pyridine rings is 1. The van der Waals surface area contributed by atoms with E-state index in [4.69, 9.17) is 8.94 Å². The molecule has 24 heavy (non-hydrogen) atoms. The Morgan fingerprint density at radius 2 is 1.83 bits per heavy atom. The van der Waals surface area contributed by atoms with E-state index in [1.54, 1.807) is 12.4 Å². The van der Waals surface area contributed by atoms with Crippen molar-refractivity contribution in [2.75, 3.05) is 0 Å². The highest BCUT2D eigenvalue weighted by atomic mass is 79.9. The van der Waals surface area contributed by atoms with E-state index in [9.17, 15) is 0 Å². The molecule has 0 saturated heterocycles. The van der Waals surface area contributed by atoms with Crippen LogP contribution in [0.4, 0.5) is 0 Å². The molecule has 3 aromatic heterocycles. The summed E-state index contributed by atoms with van der Waals surface area (Å²) < 4.78 is 11.8. The Hall–Kier alpha value is -2.87. The Morgan fingerprint density at radius 1 is 0.958 bits per heavy atom. The predicted octanol–water partition coefficient (Wildman–Crippen LogP) is 3.53. The maximum atomic E-state index is 5.66. The van der Waals surface area contributed by atoms with Crippen molar-refractivity contribution in [1.82, 2.24) is 25.3 Å². The van der Waals surface area contributed by atoms with Gasteiger partial charge in [0, 0.05) is 28.0 Å². The van der Waals surface area contributed by atoms with E-state index >= 15 is 0 Å². The fraction of sp³-hybridized carbons (Fsp3) is 0.0625. The third-order valence-corrected chi connectivity index (χ3v) is 3.74. The van der Waals surface area contributed by atoms with Crippen LogP contribution in [-0.4, -0.2) is 25.3 Å². The van der Waals surface area contributed by atoms with Crippen LogP contribution in [0, 0.1) is 0 Å². The number of benzene rings is 1. The summed E-state index contributed by atoms with van der Waals surface area (Å²) in [5.74, 6) is 1.76. The van der Waals surface area contributed by atoms with Crippen LogP contribution in [0.5, 0.6) is 0 Å². The third kappa shape index (κ3) is 3.09. The van der Waals surface area contributed by atoms with Crippen LogP contribution in [0.3, 0.4) is 0 Å². The van der Waals surface area contributed by atoms with Crippen LogP contribution in [-0.2, 0) is 6.42 Å². The van der Waals surface area contributed by atoms with Gasteiger partial charge >= 0.3 is 0 Å². The molecule has 0 saturated carbocycles. The minimum Gasteiger partial charge on any atom is -0.420 e. The highest BCUT2D eigenvalue weighted by Crippen LogP contribution is 2.22. The zero-order valence-corrected chi connectivity index (χ0v) is 13.8. The maximum Gasteiger partial charge on any atom is 0.247 e. The van der Waals surface area contributed by atoms with Crippen molar-refractivity contribution < 1.29 is 8.94 Å². The average molecular weight is 384 g/mol. The van der Waals surface area contributed by atoms with Crippen molar-refractivity contribution in [3.05, 3.63) is 65.0 Å². The number of hydrogen-bond donors (Lipinski definition) is 0. The number of halogens is 1. The number of aromatic nitrogens is 5. The quantitative estimate of drug-likeness (QED) is 0.532. The second kappa shape index (κ2) is 6.32. The first-order valence-electron chi connectivity index (χ1n) is 7.09. The minimum absolute atomic E-state index is 0.277. The van der Waals surface area contributed by atoms with Gasteiger partial charge < -0.3 is 8.94 Å². The first-order chi connectivity index (χ1) is 11.8. The van der Waals surface area contributed by atoms with Crippen LogP contribution in [0.25, 0.3) is 22.8 Å². The van der Waals surface area contributed by atoms with Crippen molar-refractivity contribution in [1.29, 1.82) is 0 Å². The minimum atomic E-state index is 0.277. The molecule has 0 fully saturated rings. The molecule has 4 rings (SSSR count). The largest absolute Gasteiger partial charge is 0.420 e. The van der Waals surface area contributed by atoms with E-state index in [2.05, 4.69) is 41.3 Å². The Balaban J connectivity index is 1.54. The monoisotopic (exact) mass is 383 g/mol. The zero-order valence-electron chi connectivity index (χ0n) is 12.3. The van der Waals surface area contributed by atoms with E-state index in [1.807, 2.05) is 36.4 Å². The summed E-state index contributed by atoms with van der Waals surface area (Å²) in [6.07, 6.45) is 3.63. The maximum absolute atomic E-state index is 5.66. The summed E-state index contributed by atoms with van der Waals surface area (Å²) in [6.45, 7) is 0. The molecule has 0 bridgehead atoms. The van der Waals surface area contributed by atoms with Crippen LogP contribution >= 0.6 is 15.9 Å². The topological polar surface area (TPSA) is 90.7 Å². The molecular formula is C16H10BrN5O2. The molecule has 8 heteroatoms. The van der Waals surface area contributed by atoms with Gasteiger partial charge in [-0.25, -0.2) is 0 Å². The third-order valence-electron chi connectivity index (χ3n) is 3.25. The SMILES string of the molecule is Brc1cccc(-c2nnc(Cc3nc(-c4ccncc4)no3)o2)c1. The summed E-state index contributed by atoms with van der Waals surface area (Å²) in [7, 11) is 0. The molecule has 0 N–H and O–H groups in total. The van der Waals surface area contributed by atoms with Gasteiger partial charge in [0.25, 0.3) is 0 Å². The van der Waals surface area contributed by atoms with Gasteiger partial charge in [-0.15, -0.1) is 10.2 Å². The van der Waals surface area contributed by atoms with Gasteiger partial charge in [-0.3, -0.25) is 4.98 Å². The van der Waals surface area contributed by atoms with Gasteiger partial charge in [-0.1, -0.05) is 27.2 Å².